The van der Waals surface area contributed by atoms with Crippen molar-refractivity contribution in [1.29, 1.82) is 0 Å². The lowest BCUT2D eigenvalue weighted by Gasteiger charge is -2.44. The summed E-state index contributed by atoms with van der Waals surface area (Å²) in [5.41, 5.74) is -13.6. The minimum atomic E-state index is -7.22. The van der Waals surface area contributed by atoms with E-state index in [1.165, 1.54) is 18.3 Å². The van der Waals surface area contributed by atoms with Gasteiger partial charge in [-0.3, -0.25) is 4.79 Å². The number of hydrogen-bond donors (Lipinski definition) is 1. The van der Waals surface area contributed by atoms with E-state index < -0.39 is 150 Å². The number of carbonyl (C=O) groups is 2. The Hall–Kier alpha value is -8.00. The molecule has 6 aromatic carbocycles. The molecule has 27 heteroatoms. The first-order chi connectivity index (χ1) is 32.8. The molecule has 7 aromatic rings. The van der Waals surface area contributed by atoms with Gasteiger partial charge in [-0.1, -0.05) is 36.4 Å². The fourth-order valence-corrected chi connectivity index (χ4v) is 7.15. The fourth-order valence-electron chi connectivity index (χ4n) is 7.15. The summed E-state index contributed by atoms with van der Waals surface area (Å²) < 4.78 is 301. The molecular weight excluding hydrogens is 999 g/mol. The number of aromatic carboxylic acids is 1. The van der Waals surface area contributed by atoms with Crippen molar-refractivity contribution in [2.75, 3.05) is 0 Å². The number of carbonyl (C=O) groups excluding carboxylic acids is 1. The molecule has 1 N–H and O–H groups in total. The van der Waals surface area contributed by atoms with Crippen LogP contribution >= 0.6 is 0 Å². The maximum atomic E-state index is 15.4. The Kier molecular flexibility index (Phi) is 14.4. The third-order valence-corrected chi connectivity index (χ3v) is 10.2. The Morgan fingerprint density at radius 2 is 0.786 bits per heavy atom. The van der Waals surface area contributed by atoms with Gasteiger partial charge in [0, 0.05) is 5.56 Å². The molecular formula is C43H15BF20N2O4. The van der Waals surface area contributed by atoms with E-state index in [0.717, 1.165) is 0 Å². The Morgan fingerprint density at radius 1 is 0.457 bits per heavy atom. The zero-order valence-corrected chi connectivity index (χ0v) is 33.3. The van der Waals surface area contributed by atoms with Crippen molar-refractivity contribution < 1.29 is 112 Å². The van der Waals surface area contributed by atoms with E-state index in [4.69, 9.17) is 9.84 Å². The molecule has 0 saturated carbocycles. The molecule has 0 fully saturated rings. The highest BCUT2D eigenvalue weighted by Crippen LogP contribution is 2.31. The molecule has 6 nitrogen and oxygen atoms in total. The van der Waals surface area contributed by atoms with Crippen molar-refractivity contribution >= 4 is 39.7 Å². The molecule has 0 aliphatic rings. The number of carboxylic acid groups (broad SMARTS) is 1. The van der Waals surface area contributed by atoms with E-state index in [1.54, 1.807) is 53.4 Å². The second kappa shape index (κ2) is 19.5. The molecule has 0 amide bonds. The van der Waals surface area contributed by atoms with E-state index in [1.807, 2.05) is 6.07 Å². The normalized spacial score (nSPS) is 11.4. The predicted octanol–water partition coefficient (Wildman–Crippen LogP) is 8.59. The number of halogens is 20. The van der Waals surface area contributed by atoms with Gasteiger partial charge in [-0.25, -0.2) is 97.6 Å². The molecule has 0 unspecified atom stereocenters. The van der Waals surface area contributed by atoms with Gasteiger partial charge in [-0.15, -0.1) is 21.9 Å². The first kappa shape index (κ1) is 51.4. The van der Waals surface area contributed by atoms with Crippen LogP contribution in [0.1, 0.15) is 20.7 Å². The van der Waals surface area contributed by atoms with E-state index in [9.17, 15) is 62.3 Å². The van der Waals surface area contributed by atoms with Crippen molar-refractivity contribution in [1.82, 2.24) is 4.98 Å². The monoisotopic (exact) mass is 1010 g/mol. The lowest BCUT2D eigenvalue weighted by molar-refractivity contribution is -0.687. The van der Waals surface area contributed by atoms with Crippen molar-refractivity contribution in [2.24, 2.45) is 0 Å². The van der Waals surface area contributed by atoms with Gasteiger partial charge in [0.05, 0.1) is 11.8 Å². The van der Waals surface area contributed by atoms with Crippen molar-refractivity contribution in [2.45, 2.75) is 6.54 Å². The molecule has 0 aliphatic carbocycles. The number of carboxylic acids is 1. The number of hydrogen-bond acceptors (Lipinski definition) is 4. The van der Waals surface area contributed by atoms with E-state index in [0.29, 0.717) is 17.2 Å². The Bertz CT molecular complexity index is 2910. The number of ketones is 1. The summed E-state index contributed by atoms with van der Waals surface area (Å²) in [5.74, 6) is -71.8. The van der Waals surface area contributed by atoms with Crippen LogP contribution in [-0.2, 0) is 6.54 Å². The minimum absolute atomic E-state index is 0.0686. The summed E-state index contributed by atoms with van der Waals surface area (Å²) in [4.78, 5) is 27.5. The summed E-state index contributed by atoms with van der Waals surface area (Å²) in [6.45, 7) is 0.0838. The maximum absolute atomic E-state index is 15.4. The second-order valence-corrected chi connectivity index (χ2v) is 14.1. The first-order valence-electron chi connectivity index (χ1n) is 18.5. The lowest BCUT2D eigenvalue weighted by atomic mass is 9.12. The molecule has 1 heterocycles. The maximum Gasteiger partial charge on any atom is 0.392 e. The summed E-state index contributed by atoms with van der Waals surface area (Å²) in [6.07, 6.45) is -2.55. The van der Waals surface area contributed by atoms with E-state index in [-0.39, 0.29) is 17.9 Å². The highest BCUT2D eigenvalue weighted by atomic mass is 19.2. The van der Waals surface area contributed by atoms with Crippen LogP contribution in [0.3, 0.4) is 0 Å². The standard InChI is InChI=1S/C24BF20.C19H14N2O4/c26-5-1(6(27)14(35)21(42)13(5)34)25(2-7(28)15(36)22(43)16(37)8(2)29,3-9(30)17(38)23(44)18(39)10(3)31)4-11(32)19(40)24(45)20(41)12(4)33;22-17(14-5-2-1-3-6-14)13-21-10-9-20-12-18(21)25-16-8-4-7-15(11-16)19(23)24/h;1-12H,13H2/q-1;/p+1. The Balaban J connectivity index is 0.000000270. The van der Waals surface area contributed by atoms with Gasteiger partial charge in [0.1, 0.15) is 64.6 Å². The largest absolute Gasteiger partial charge is 0.478 e. The summed E-state index contributed by atoms with van der Waals surface area (Å²) in [7, 11) is 0. The summed E-state index contributed by atoms with van der Waals surface area (Å²) in [6, 6.07) is 15.1. The molecule has 364 valence electrons. The van der Waals surface area contributed by atoms with Gasteiger partial charge < -0.3 is 9.84 Å². The molecule has 0 saturated heterocycles. The molecule has 0 aliphatic heterocycles. The van der Waals surface area contributed by atoms with Crippen molar-refractivity contribution in [3.63, 3.8) is 0 Å². The summed E-state index contributed by atoms with van der Waals surface area (Å²) in [5, 5.41) is 9.06. The molecule has 7 rings (SSSR count). The van der Waals surface area contributed by atoms with Crippen LogP contribution in [-0.4, -0.2) is 28.0 Å². The van der Waals surface area contributed by atoms with Crippen molar-refractivity contribution in [3.05, 3.63) is 201 Å². The SMILES string of the molecule is Fc1c(F)c(F)c([B-](c2c(F)c(F)c(F)c(F)c2F)(c2c(F)c(F)c(F)c(F)c2F)c2c(F)c(F)c(F)c(F)c2F)c(F)c1F.O=C(O)c1cccc(Oc2cncc[n+]2CC(=O)c2ccccc2)c1. The third kappa shape index (κ3) is 8.47. The van der Waals surface area contributed by atoms with E-state index in [2.05, 4.69) is 4.98 Å². The smallest absolute Gasteiger partial charge is 0.392 e. The van der Waals surface area contributed by atoms with E-state index >= 15 is 35.1 Å². The van der Waals surface area contributed by atoms with Gasteiger partial charge in [0.15, 0.2) is 76.0 Å². The van der Waals surface area contributed by atoms with Gasteiger partial charge in [0.2, 0.25) is 12.3 Å². The van der Waals surface area contributed by atoms with Crippen LogP contribution in [0, 0.1) is 116 Å². The van der Waals surface area contributed by atoms with Gasteiger partial charge in [-0.05, 0) is 18.2 Å². The minimum Gasteiger partial charge on any atom is -0.478 e. The van der Waals surface area contributed by atoms with Crippen LogP contribution in [0.25, 0.3) is 0 Å². The van der Waals surface area contributed by atoms with Crippen molar-refractivity contribution in [3.8, 4) is 11.6 Å². The quantitative estimate of drug-likeness (QED) is 0.0371. The fraction of sp³-hybridized carbons (Fsp3) is 0.0233. The predicted molar refractivity (Wildman–Crippen MR) is 198 cm³/mol. The first-order valence-corrected chi connectivity index (χ1v) is 18.5. The van der Waals surface area contributed by atoms with Crippen LogP contribution in [0.5, 0.6) is 11.6 Å². The highest BCUT2D eigenvalue weighted by Gasteiger charge is 2.52. The molecule has 0 bridgehead atoms. The third-order valence-electron chi connectivity index (χ3n) is 10.2. The Labute approximate surface area is 375 Å². The summed E-state index contributed by atoms with van der Waals surface area (Å²) >= 11 is 0. The van der Waals surface area contributed by atoms with Crippen LogP contribution in [0.15, 0.2) is 73.2 Å². The number of rotatable bonds is 10. The number of aromatic nitrogens is 2. The average molecular weight is 1010 g/mol. The Morgan fingerprint density at radius 3 is 1.13 bits per heavy atom. The molecule has 0 radical (unpaired) electrons. The van der Waals surface area contributed by atoms with Gasteiger partial charge in [0.25, 0.3) is 0 Å². The number of ether oxygens (including phenoxy) is 1. The molecule has 0 spiro atoms. The number of benzene rings is 6. The number of nitrogens with zero attached hydrogens (tertiary/aromatic N) is 2. The van der Waals surface area contributed by atoms with Crippen LogP contribution in [0.4, 0.5) is 87.8 Å². The lowest BCUT2D eigenvalue weighted by Crippen LogP contribution is -2.81. The zero-order valence-electron chi connectivity index (χ0n) is 33.3. The average Bonchev–Trinajstić information content (AvgIpc) is 3.35. The zero-order chi connectivity index (χ0) is 52.0. The highest BCUT2D eigenvalue weighted by molar-refractivity contribution is 7.20. The molecule has 70 heavy (non-hydrogen) atoms. The topological polar surface area (TPSA) is 80.4 Å². The molecule has 1 aromatic heterocycles. The molecule has 0 atom stereocenters. The van der Waals surface area contributed by atoms with Crippen LogP contribution < -0.4 is 31.2 Å². The van der Waals surface area contributed by atoms with Gasteiger partial charge in [-0.2, -0.15) is 4.57 Å². The second-order valence-electron chi connectivity index (χ2n) is 14.1. The van der Waals surface area contributed by atoms with Crippen LogP contribution in [0.2, 0.25) is 0 Å². The van der Waals surface area contributed by atoms with Gasteiger partial charge >= 0.3 is 11.8 Å². The number of Topliss-reactive ketones (excluding diaryl/α,β-unsaturated/α-hetero) is 1.